The van der Waals surface area contributed by atoms with Gasteiger partial charge < -0.3 is 15.2 Å². The zero-order valence-electron chi connectivity index (χ0n) is 8.11. The Morgan fingerprint density at radius 1 is 1.38 bits per heavy atom. The number of rotatable bonds is 4. The summed E-state index contributed by atoms with van der Waals surface area (Å²) in [5.41, 5.74) is 7.16. The minimum atomic E-state index is -0.364. The van der Waals surface area contributed by atoms with Gasteiger partial charge in [-0.25, -0.2) is 0 Å². The molecule has 4 heteroatoms. The molecule has 0 bridgehead atoms. The molecule has 0 aliphatic heterocycles. The molecule has 0 saturated carbocycles. The first-order valence-corrected chi connectivity index (χ1v) is 4.93. The largest absolute Gasteiger partial charge is 0.354 e. The SMILES string of the molecule is COC(OC)C(N)c1sccc1C. The smallest absolute Gasteiger partial charge is 0.176 e. The van der Waals surface area contributed by atoms with Gasteiger partial charge >= 0.3 is 0 Å². The van der Waals surface area contributed by atoms with Crippen molar-refractivity contribution in [2.75, 3.05) is 14.2 Å². The van der Waals surface area contributed by atoms with Crippen molar-refractivity contribution in [1.82, 2.24) is 0 Å². The van der Waals surface area contributed by atoms with Gasteiger partial charge in [0, 0.05) is 19.1 Å². The highest BCUT2D eigenvalue weighted by atomic mass is 32.1. The molecule has 1 unspecified atom stereocenters. The highest BCUT2D eigenvalue weighted by Crippen LogP contribution is 2.25. The van der Waals surface area contributed by atoms with E-state index in [1.807, 2.05) is 18.4 Å². The number of thiophene rings is 1. The van der Waals surface area contributed by atoms with Crippen molar-refractivity contribution in [3.63, 3.8) is 0 Å². The lowest BCUT2D eigenvalue weighted by Crippen LogP contribution is -2.29. The van der Waals surface area contributed by atoms with Crippen LogP contribution >= 0.6 is 11.3 Å². The second-order valence-corrected chi connectivity index (χ2v) is 3.78. The predicted molar refractivity (Wildman–Crippen MR) is 53.8 cm³/mol. The molecule has 0 spiro atoms. The quantitative estimate of drug-likeness (QED) is 0.754. The van der Waals surface area contributed by atoms with Crippen LogP contribution < -0.4 is 5.73 Å². The normalized spacial score (nSPS) is 13.6. The zero-order chi connectivity index (χ0) is 9.84. The lowest BCUT2D eigenvalue weighted by atomic mass is 10.2. The summed E-state index contributed by atoms with van der Waals surface area (Å²) in [6.07, 6.45) is -0.364. The molecule has 0 aliphatic carbocycles. The number of hydrogen-bond donors (Lipinski definition) is 1. The van der Waals surface area contributed by atoms with Gasteiger partial charge in [0.15, 0.2) is 6.29 Å². The third-order valence-electron chi connectivity index (χ3n) is 1.96. The van der Waals surface area contributed by atoms with Gasteiger partial charge in [0.25, 0.3) is 0 Å². The maximum Gasteiger partial charge on any atom is 0.176 e. The summed E-state index contributed by atoms with van der Waals surface area (Å²) < 4.78 is 10.2. The molecule has 0 amide bonds. The van der Waals surface area contributed by atoms with E-state index in [1.54, 1.807) is 25.6 Å². The summed E-state index contributed by atoms with van der Waals surface area (Å²) in [4.78, 5) is 1.12. The highest BCUT2D eigenvalue weighted by Gasteiger charge is 2.20. The van der Waals surface area contributed by atoms with E-state index in [0.717, 1.165) is 4.88 Å². The van der Waals surface area contributed by atoms with Crippen LogP contribution in [0.5, 0.6) is 0 Å². The Balaban J connectivity index is 2.77. The highest BCUT2D eigenvalue weighted by molar-refractivity contribution is 7.10. The second-order valence-electron chi connectivity index (χ2n) is 2.83. The fourth-order valence-electron chi connectivity index (χ4n) is 1.24. The van der Waals surface area contributed by atoms with E-state index >= 15 is 0 Å². The molecule has 0 aromatic carbocycles. The van der Waals surface area contributed by atoms with E-state index in [4.69, 9.17) is 15.2 Å². The molecular formula is C9H15NO2S. The van der Waals surface area contributed by atoms with Crippen LogP contribution in [-0.4, -0.2) is 20.5 Å². The van der Waals surface area contributed by atoms with E-state index in [1.165, 1.54) is 5.56 Å². The molecule has 0 fully saturated rings. The zero-order valence-corrected chi connectivity index (χ0v) is 8.93. The molecule has 0 radical (unpaired) electrons. The second kappa shape index (κ2) is 4.72. The summed E-state index contributed by atoms with van der Waals surface area (Å²) in [6.45, 7) is 2.04. The average molecular weight is 201 g/mol. The Kier molecular flexibility index (Phi) is 3.87. The van der Waals surface area contributed by atoms with Crippen molar-refractivity contribution >= 4 is 11.3 Å². The third kappa shape index (κ3) is 2.28. The van der Waals surface area contributed by atoms with Crippen LogP contribution in [0, 0.1) is 6.92 Å². The maximum atomic E-state index is 5.97. The number of nitrogens with two attached hydrogens (primary N) is 1. The van der Waals surface area contributed by atoms with Gasteiger partial charge in [-0.3, -0.25) is 0 Å². The van der Waals surface area contributed by atoms with Gasteiger partial charge in [0.2, 0.25) is 0 Å². The number of aryl methyl sites for hydroxylation is 1. The Morgan fingerprint density at radius 3 is 2.38 bits per heavy atom. The predicted octanol–water partition coefficient (Wildman–Crippen LogP) is 1.68. The number of methoxy groups -OCH3 is 2. The van der Waals surface area contributed by atoms with E-state index < -0.39 is 0 Å². The molecule has 1 atom stereocenters. The first-order chi connectivity index (χ1) is 6.20. The van der Waals surface area contributed by atoms with Crippen molar-refractivity contribution in [2.45, 2.75) is 19.3 Å². The Labute approximate surface area is 82.5 Å². The summed E-state index contributed by atoms with van der Waals surface area (Å²) >= 11 is 1.63. The standard InChI is InChI=1S/C9H15NO2S/c1-6-4-5-13-8(6)7(10)9(11-2)12-3/h4-5,7,9H,10H2,1-3H3. The Bertz CT molecular complexity index is 258. The Morgan fingerprint density at radius 2 is 2.00 bits per heavy atom. The lowest BCUT2D eigenvalue weighted by Gasteiger charge is -2.20. The molecule has 0 aliphatic rings. The first-order valence-electron chi connectivity index (χ1n) is 4.06. The van der Waals surface area contributed by atoms with Gasteiger partial charge in [0.1, 0.15) is 0 Å². The van der Waals surface area contributed by atoms with Gasteiger partial charge in [-0.2, -0.15) is 0 Å². The Hall–Kier alpha value is -0.420. The van der Waals surface area contributed by atoms with Gasteiger partial charge in [-0.1, -0.05) is 0 Å². The molecule has 1 heterocycles. The first kappa shape index (κ1) is 10.7. The average Bonchev–Trinajstić information content (AvgIpc) is 2.53. The summed E-state index contributed by atoms with van der Waals surface area (Å²) in [7, 11) is 3.19. The minimum absolute atomic E-state index is 0.199. The van der Waals surface area contributed by atoms with E-state index in [0.29, 0.717) is 0 Å². The molecular weight excluding hydrogens is 186 g/mol. The summed E-state index contributed by atoms with van der Waals surface area (Å²) in [6, 6.07) is 1.84. The molecule has 13 heavy (non-hydrogen) atoms. The monoisotopic (exact) mass is 201 g/mol. The molecule has 3 nitrogen and oxygen atoms in total. The van der Waals surface area contributed by atoms with Crippen molar-refractivity contribution in [1.29, 1.82) is 0 Å². The summed E-state index contributed by atoms with van der Waals surface area (Å²) in [5.74, 6) is 0. The molecule has 2 N–H and O–H groups in total. The van der Waals surface area contributed by atoms with Crippen molar-refractivity contribution < 1.29 is 9.47 Å². The fraction of sp³-hybridized carbons (Fsp3) is 0.556. The number of hydrogen-bond acceptors (Lipinski definition) is 4. The minimum Gasteiger partial charge on any atom is -0.354 e. The molecule has 1 aromatic heterocycles. The van der Waals surface area contributed by atoms with E-state index in [-0.39, 0.29) is 12.3 Å². The topological polar surface area (TPSA) is 44.5 Å². The van der Waals surface area contributed by atoms with E-state index in [9.17, 15) is 0 Å². The number of ether oxygens (including phenoxy) is 2. The van der Waals surface area contributed by atoms with Crippen LogP contribution in [0.15, 0.2) is 11.4 Å². The van der Waals surface area contributed by atoms with Crippen LogP contribution in [0.1, 0.15) is 16.5 Å². The third-order valence-corrected chi connectivity index (χ3v) is 3.08. The lowest BCUT2D eigenvalue weighted by molar-refractivity contribution is -0.116. The van der Waals surface area contributed by atoms with Crippen molar-refractivity contribution in [3.8, 4) is 0 Å². The van der Waals surface area contributed by atoms with Crippen LogP contribution in [-0.2, 0) is 9.47 Å². The molecule has 0 saturated heterocycles. The molecule has 1 aromatic rings. The van der Waals surface area contributed by atoms with E-state index in [2.05, 4.69) is 0 Å². The van der Waals surface area contributed by atoms with Crippen molar-refractivity contribution in [3.05, 3.63) is 21.9 Å². The van der Waals surface area contributed by atoms with Gasteiger partial charge in [-0.15, -0.1) is 11.3 Å². The van der Waals surface area contributed by atoms with Gasteiger partial charge in [0.05, 0.1) is 6.04 Å². The van der Waals surface area contributed by atoms with Crippen LogP contribution in [0.25, 0.3) is 0 Å². The molecule has 74 valence electrons. The van der Waals surface area contributed by atoms with Crippen LogP contribution in [0.4, 0.5) is 0 Å². The van der Waals surface area contributed by atoms with Gasteiger partial charge in [-0.05, 0) is 23.9 Å². The van der Waals surface area contributed by atoms with Crippen LogP contribution in [0.2, 0.25) is 0 Å². The summed E-state index contributed by atoms with van der Waals surface area (Å²) in [5, 5.41) is 2.02. The van der Waals surface area contributed by atoms with Crippen LogP contribution in [0.3, 0.4) is 0 Å². The molecule has 1 rings (SSSR count). The maximum absolute atomic E-state index is 5.97. The fourth-order valence-corrected chi connectivity index (χ4v) is 2.18. The van der Waals surface area contributed by atoms with Crippen molar-refractivity contribution in [2.24, 2.45) is 5.73 Å².